The minimum atomic E-state index is -0.606. The molecule has 2 saturated heterocycles. The first-order valence-electron chi connectivity index (χ1n) is 14.2. The van der Waals surface area contributed by atoms with Crippen LogP contribution in [0.5, 0.6) is 5.75 Å². The van der Waals surface area contributed by atoms with Gasteiger partial charge in [-0.05, 0) is 78.0 Å². The normalized spacial score (nSPS) is 23.5. The molecular formula is C33H31N3O7. The summed E-state index contributed by atoms with van der Waals surface area (Å²) in [5.41, 5.74) is 4.66. The number of rotatable bonds is 9. The van der Waals surface area contributed by atoms with E-state index >= 15 is 0 Å². The Morgan fingerprint density at radius 2 is 1.95 bits per heavy atom. The second-order valence-corrected chi connectivity index (χ2v) is 11.1. The van der Waals surface area contributed by atoms with E-state index in [1.165, 1.54) is 18.2 Å². The number of fused-ring (bicyclic) bond motifs is 3. The second kappa shape index (κ2) is 11.9. The van der Waals surface area contributed by atoms with Crippen LogP contribution < -0.4 is 4.90 Å². The summed E-state index contributed by atoms with van der Waals surface area (Å²) < 4.78 is 11.9. The van der Waals surface area contributed by atoms with Crippen molar-refractivity contribution in [1.82, 2.24) is 4.98 Å². The number of phenolic OH excluding ortho intramolecular Hbond substituents is 1. The maximum absolute atomic E-state index is 13.8. The number of nitro groups is 1. The highest BCUT2D eigenvalue weighted by atomic mass is 16.6. The molecule has 1 N–H and O–H groups in total. The molecule has 2 amide bonds. The standard InChI is InChI=1S/C33H31N3O7/c1-42-18-22-16-26-31(33(39)35(32(26)38)23-7-5-8-24(17-23)36(40)41)27-19-43-29(30(22)27)12-11-21(28-10-2-3-13-34-28)14-20-6-4-9-25(37)15-20/h2-10,13-15,17,26-27,29,31,37H,11-12,16,18-19H2,1H3/b21-14-/t26-,27+,29-,31-/m1/s1. The van der Waals surface area contributed by atoms with E-state index in [0.717, 1.165) is 32.9 Å². The SMILES string of the molecule is COCC1=C2[C@@H](CC/C(=C/c3cccc(O)c3)c3ccccn3)OC[C@@H]2[C@@H]2C(=O)N(c3cccc([N+](=O)[O-])c3)C(=O)[C@@H]2C1. The number of imide groups is 1. The van der Waals surface area contributed by atoms with E-state index in [-0.39, 0.29) is 41.0 Å². The highest BCUT2D eigenvalue weighted by molar-refractivity contribution is 6.22. The minimum absolute atomic E-state index is 0.178. The third-order valence-electron chi connectivity index (χ3n) is 8.51. The van der Waals surface area contributed by atoms with Crippen molar-refractivity contribution in [3.8, 4) is 5.75 Å². The number of hydrogen-bond donors (Lipinski definition) is 1. The summed E-state index contributed by atoms with van der Waals surface area (Å²) in [5, 5.41) is 21.3. The van der Waals surface area contributed by atoms with E-state index in [2.05, 4.69) is 4.98 Å². The Labute approximate surface area is 248 Å². The fraction of sp³-hybridized carbons (Fsp3) is 0.303. The van der Waals surface area contributed by atoms with Crippen molar-refractivity contribution < 1.29 is 29.1 Å². The van der Waals surface area contributed by atoms with Gasteiger partial charge in [-0.1, -0.05) is 24.3 Å². The van der Waals surface area contributed by atoms with Gasteiger partial charge in [-0.3, -0.25) is 24.7 Å². The Bertz CT molecular complexity index is 1630. The van der Waals surface area contributed by atoms with Crippen molar-refractivity contribution in [2.24, 2.45) is 17.8 Å². The second-order valence-electron chi connectivity index (χ2n) is 11.1. The number of amides is 2. The van der Waals surface area contributed by atoms with Crippen LogP contribution in [-0.4, -0.2) is 53.3 Å². The molecule has 2 aliphatic heterocycles. The summed E-state index contributed by atoms with van der Waals surface area (Å²) in [6.45, 7) is 0.616. The lowest BCUT2D eigenvalue weighted by molar-refractivity contribution is -0.384. The maximum atomic E-state index is 13.8. The van der Waals surface area contributed by atoms with Gasteiger partial charge in [0.1, 0.15) is 5.75 Å². The number of carbonyl (C=O) groups excluding carboxylic acids is 2. The predicted octanol–water partition coefficient (Wildman–Crippen LogP) is 5.18. The molecule has 3 aliphatic rings. The van der Waals surface area contributed by atoms with Crippen LogP contribution in [0.25, 0.3) is 11.6 Å². The number of allylic oxidation sites excluding steroid dienone is 1. The van der Waals surface area contributed by atoms with Gasteiger partial charge < -0.3 is 14.6 Å². The van der Waals surface area contributed by atoms with Crippen LogP contribution in [0.2, 0.25) is 0 Å². The number of phenols is 1. The van der Waals surface area contributed by atoms with Crippen molar-refractivity contribution >= 4 is 34.8 Å². The topological polar surface area (TPSA) is 132 Å². The maximum Gasteiger partial charge on any atom is 0.271 e. The van der Waals surface area contributed by atoms with Gasteiger partial charge in [0.05, 0.1) is 47.5 Å². The molecule has 0 spiro atoms. The zero-order valence-electron chi connectivity index (χ0n) is 23.6. The number of hydrogen-bond acceptors (Lipinski definition) is 8. The number of nitro benzene ring substituents is 1. The average molecular weight is 582 g/mol. The summed E-state index contributed by atoms with van der Waals surface area (Å²) in [6, 6.07) is 18.4. The Morgan fingerprint density at radius 3 is 2.70 bits per heavy atom. The molecule has 3 aromatic rings. The predicted molar refractivity (Wildman–Crippen MR) is 159 cm³/mol. The van der Waals surface area contributed by atoms with E-state index in [4.69, 9.17) is 9.47 Å². The smallest absolute Gasteiger partial charge is 0.271 e. The summed E-state index contributed by atoms with van der Waals surface area (Å²) in [4.78, 5) is 43.9. The molecule has 43 heavy (non-hydrogen) atoms. The average Bonchev–Trinajstić information content (AvgIpc) is 3.54. The van der Waals surface area contributed by atoms with E-state index < -0.39 is 16.8 Å². The number of nitrogens with zero attached hydrogens (tertiary/aromatic N) is 3. The monoisotopic (exact) mass is 581 g/mol. The quantitative estimate of drug-likeness (QED) is 0.158. The van der Waals surface area contributed by atoms with Gasteiger partial charge in [0.25, 0.3) is 5.69 Å². The van der Waals surface area contributed by atoms with E-state index in [1.807, 2.05) is 30.3 Å². The summed E-state index contributed by atoms with van der Waals surface area (Å²) in [7, 11) is 1.60. The molecule has 10 nitrogen and oxygen atoms in total. The summed E-state index contributed by atoms with van der Waals surface area (Å²) in [5.74, 6) is -2.00. The Balaban J connectivity index is 1.28. The fourth-order valence-electron chi connectivity index (χ4n) is 6.71. The van der Waals surface area contributed by atoms with Crippen LogP contribution in [0.15, 0.2) is 84.1 Å². The molecule has 10 heteroatoms. The van der Waals surface area contributed by atoms with E-state index in [1.54, 1.807) is 37.6 Å². The highest BCUT2D eigenvalue weighted by Gasteiger charge is 2.57. The molecule has 0 bridgehead atoms. The van der Waals surface area contributed by atoms with Gasteiger partial charge in [0.2, 0.25) is 11.8 Å². The number of methoxy groups -OCH3 is 1. The minimum Gasteiger partial charge on any atom is -0.508 e. The molecular weight excluding hydrogens is 550 g/mol. The van der Waals surface area contributed by atoms with E-state index in [9.17, 15) is 24.8 Å². The lowest BCUT2D eigenvalue weighted by atomic mass is 9.69. The molecule has 220 valence electrons. The molecule has 1 aliphatic carbocycles. The lowest BCUT2D eigenvalue weighted by Gasteiger charge is -2.31. The first-order chi connectivity index (χ1) is 20.9. The Hall–Kier alpha value is -4.67. The van der Waals surface area contributed by atoms with Crippen LogP contribution in [0.3, 0.4) is 0 Å². The number of aromatic nitrogens is 1. The highest BCUT2D eigenvalue weighted by Crippen LogP contribution is 2.51. The van der Waals surface area contributed by atoms with Gasteiger partial charge in [0, 0.05) is 31.4 Å². The summed E-state index contributed by atoms with van der Waals surface area (Å²) in [6.07, 6.45) is 5.08. The number of benzene rings is 2. The first kappa shape index (κ1) is 28.4. The van der Waals surface area contributed by atoms with E-state index in [0.29, 0.717) is 32.5 Å². The van der Waals surface area contributed by atoms with Crippen LogP contribution in [0.1, 0.15) is 30.5 Å². The molecule has 6 rings (SSSR count). The third kappa shape index (κ3) is 5.47. The van der Waals surface area contributed by atoms with Crippen molar-refractivity contribution in [3.63, 3.8) is 0 Å². The molecule has 2 aromatic carbocycles. The van der Waals surface area contributed by atoms with Crippen molar-refractivity contribution in [3.05, 3.63) is 105 Å². The number of anilines is 1. The number of pyridine rings is 1. The van der Waals surface area contributed by atoms with Crippen LogP contribution >= 0.6 is 0 Å². The van der Waals surface area contributed by atoms with Gasteiger partial charge >= 0.3 is 0 Å². The number of aromatic hydroxyl groups is 1. The van der Waals surface area contributed by atoms with Gasteiger partial charge in [-0.2, -0.15) is 0 Å². The number of carbonyl (C=O) groups is 2. The molecule has 2 fully saturated rings. The van der Waals surface area contributed by atoms with Crippen LogP contribution in [-0.2, 0) is 19.1 Å². The zero-order chi connectivity index (χ0) is 30.1. The van der Waals surface area contributed by atoms with Gasteiger partial charge in [-0.15, -0.1) is 0 Å². The third-order valence-corrected chi connectivity index (χ3v) is 8.51. The van der Waals surface area contributed by atoms with Gasteiger partial charge in [-0.25, -0.2) is 4.90 Å². The largest absolute Gasteiger partial charge is 0.508 e. The fourth-order valence-corrected chi connectivity index (χ4v) is 6.71. The van der Waals surface area contributed by atoms with Crippen molar-refractivity contribution in [2.75, 3.05) is 25.2 Å². The van der Waals surface area contributed by atoms with Crippen LogP contribution in [0.4, 0.5) is 11.4 Å². The van der Waals surface area contributed by atoms with Crippen LogP contribution in [0, 0.1) is 27.9 Å². The van der Waals surface area contributed by atoms with Gasteiger partial charge in [0.15, 0.2) is 0 Å². The molecule has 4 atom stereocenters. The number of non-ortho nitro benzene ring substituents is 1. The molecule has 0 saturated carbocycles. The first-order valence-corrected chi connectivity index (χ1v) is 14.2. The molecule has 0 unspecified atom stereocenters. The number of ether oxygens (including phenoxy) is 2. The zero-order valence-corrected chi connectivity index (χ0v) is 23.6. The molecule has 3 heterocycles. The molecule has 0 radical (unpaired) electrons. The van der Waals surface area contributed by atoms with Crippen molar-refractivity contribution in [1.29, 1.82) is 0 Å². The molecule has 1 aromatic heterocycles. The lowest BCUT2D eigenvalue weighted by Crippen LogP contribution is -2.35. The summed E-state index contributed by atoms with van der Waals surface area (Å²) >= 11 is 0. The Morgan fingerprint density at radius 1 is 1.12 bits per heavy atom. The Kier molecular flexibility index (Phi) is 7.88. The van der Waals surface area contributed by atoms with Crippen molar-refractivity contribution in [2.45, 2.75) is 25.4 Å².